The van der Waals surface area contributed by atoms with E-state index in [9.17, 15) is 4.79 Å². The van der Waals surface area contributed by atoms with Crippen LogP contribution in [0, 0.1) is 0 Å². The summed E-state index contributed by atoms with van der Waals surface area (Å²) in [6.45, 7) is 6.65. The quantitative estimate of drug-likeness (QED) is 0.736. The highest BCUT2D eigenvalue weighted by Gasteiger charge is 2.20. The van der Waals surface area contributed by atoms with Crippen LogP contribution < -0.4 is 15.5 Å². The minimum atomic E-state index is -0.199. The minimum absolute atomic E-state index is 0.0393. The summed E-state index contributed by atoms with van der Waals surface area (Å²) in [6, 6.07) is 10.2. The van der Waals surface area contributed by atoms with E-state index in [2.05, 4.69) is 46.7 Å². The molecule has 0 saturated carbocycles. The number of amides is 1. The van der Waals surface area contributed by atoms with Gasteiger partial charge in [0.1, 0.15) is 6.04 Å². The molecule has 1 saturated heterocycles. The first kappa shape index (κ1) is 15.8. The summed E-state index contributed by atoms with van der Waals surface area (Å²) in [7, 11) is 0. The van der Waals surface area contributed by atoms with Gasteiger partial charge in [-0.05, 0) is 25.5 Å². The number of ether oxygens (including phenoxy) is 1. The summed E-state index contributed by atoms with van der Waals surface area (Å²) in [6.07, 6.45) is 0.933. The molecule has 1 unspecified atom stereocenters. The topological polar surface area (TPSA) is 53.6 Å². The molecule has 5 nitrogen and oxygen atoms in total. The Labute approximate surface area is 126 Å². The molecule has 116 valence electrons. The maximum Gasteiger partial charge on any atom is 0.239 e. The summed E-state index contributed by atoms with van der Waals surface area (Å²) >= 11 is 0. The number of hydrogen-bond acceptors (Lipinski definition) is 4. The van der Waals surface area contributed by atoms with Crippen molar-refractivity contribution in [2.45, 2.75) is 19.4 Å². The third-order valence-electron chi connectivity index (χ3n) is 3.65. The molecule has 0 aromatic heterocycles. The Bertz CT molecular complexity index is 419. The van der Waals surface area contributed by atoms with E-state index < -0.39 is 0 Å². The lowest BCUT2D eigenvalue weighted by molar-refractivity contribution is -0.125. The molecule has 2 N–H and O–H groups in total. The van der Waals surface area contributed by atoms with Crippen LogP contribution in [0.4, 0.5) is 5.69 Å². The van der Waals surface area contributed by atoms with Crippen molar-refractivity contribution >= 4 is 11.6 Å². The summed E-state index contributed by atoms with van der Waals surface area (Å²) in [4.78, 5) is 14.2. The Morgan fingerprint density at radius 2 is 2.24 bits per heavy atom. The highest BCUT2D eigenvalue weighted by atomic mass is 16.5. The van der Waals surface area contributed by atoms with Crippen LogP contribution in [-0.2, 0) is 9.53 Å². The molecule has 1 heterocycles. The summed E-state index contributed by atoms with van der Waals surface area (Å²) in [5.74, 6) is 0.0393. The largest absolute Gasteiger partial charge is 0.378 e. The Balaban J connectivity index is 1.67. The molecule has 0 spiro atoms. The summed E-state index contributed by atoms with van der Waals surface area (Å²) in [5, 5.41) is 6.13. The van der Waals surface area contributed by atoms with Crippen LogP contribution in [0.15, 0.2) is 30.3 Å². The van der Waals surface area contributed by atoms with Crippen molar-refractivity contribution < 1.29 is 9.53 Å². The number of anilines is 1. The Morgan fingerprint density at radius 1 is 1.43 bits per heavy atom. The van der Waals surface area contributed by atoms with E-state index in [-0.39, 0.29) is 11.9 Å². The predicted molar refractivity (Wildman–Crippen MR) is 84.6 cm³/mol. The average Bonchev–Trinajstić information content (AvgIpc) is 2.56. The fraction of sp³-hybridized carbons (Fsp3) is 0.562. The van der Waals surface area contributed by atoms with Crippen LogP contribution in [0.3, 0.4) is 0 Å². The second kappa shape index (κ2) is 8.64. The van der Waals surface area contributed by atoms with E-state index in [0.717, 1.165) is 26.1 Å². The molecule has 1 aliphatic heterocycles. The first-order chi connectivity index (χ1) is 10.3. The fourth-order valence-corrected chi connectivity index (χ4v) is 2.45. The van der Waals surface area contributed by atoms with Crippen LogP contribution in [0.5, 0.6) is 0 Å². The van der Waals surface area contributed by atoms with Gasteiger partial charge < -0.3 is 20.3 Å². The molecule has 1 aromatic rings. The zero-order valence-electron chi connectivity index (χ0n) is 12.7. The Hall–Kier alpha value is -1.59. The van der Waals surface area contributed by atoms with E-state index in [0.29, 0.717) is 19.8 Å². The van der Waals surface area contributed by atoms with E-state index >= 15 is 0 Å². The number of rotatable bonds is 7. The number of morpholine rings is 1. The van der Waals surface area contributed by atoms with Crippen molar-refractivity contribution in [1.29, 1.82) is 0 Å². The molecule has 1 fully saturated rings. The number of nitrogens with zero attached hydrogens (tertiary/aromatic N) is 1. The van der Waals surface area contributed by atoms with E-state index in [4.69, 9.17) is 4.74 Å². The van der Waals surface area contributed by atoms with E-state index in [1.165, 1.54) is 5.69 Å². The number of para-hydroxylation sites is 1. The molecule has 1 aromatic carbocycles. The molecular formula is C16H25N3O2. The van der Waals surface area contributed by atoms with Crippen molar-refractivity contribution in [2.24, 2.45) is 0 Å². The summed E-state index contributed by atoms with van der Waals surface area (Å²) < 4.78 is 5.29. The summed E-state index contributed by atoms with van der Waals surface area (Å²) in [5.41, 5.74) is 1.23. The second-order valence-electron chi connectivity index (χ2n) is 5.14. The Kier molecular flexibility index (Phi) is 6.50. The average molecular weight is 291 g/mol. The van der Waals surface area contributed by atoms with Crippen molar-refractivity contribution in [3.05, 3.63) is 30.3 Å². The highest BCUT2D eigenvalue weighted by Crippen LogP contribution is 2.12. The lowest BCUT2D eigenvalue weighted by Crippen LogP contribution is -2.51. The lowest BCUT2D eigenvalue weighted by atomic mass is 10.2. The number of carbonyl (C=O) groups excluding carboxylic acids is 1. The number of carbonyl (C=O) groups is 1. The number of benzene rings is 1. The van der Waals surface area contributed by atoms with E-state index in [1.807, 2.05) is 6.07 Å². The van der Waals surface area contributed by atoms with E-state index in [1.54, 1.807) is 0 Å². The van der Waals surface area contributed by atoms with Gasteiger partial charge in [-0.15, -0.1) is 0 Å². The van der Waals surface area contributed by atoms with Gasteiger partial charge in [-0.25, -0.2) is 0 Å². The van der Waals surface area contributed by atoms with Crippen molar-refractivity contribution in [2.75, 3.05) is 44.3 Å². The molecule has 0 bridgehead atoms. The van der Waals surface area contributed by atoms with Gasteiger partial charge in [0.15, 0.2) is 0 Å². The minimum Gasteiger partial charge on any atom is -0.378 e. The molecule has 1 aliphatic rings. The van der Waals surface area contributed by atoms with Crippen LogP contribution in [0.2, 0.25) is 0 Å². The lowest BCUT2D eigenvalue weighted by Gasteiger charge is -2.24. The zero-order chi connectivity index (χ0) is 14.9. The van der Waals surface area contributed by atoms with Crippen LogP contribution in [0.1, 0.15) is 13.3 Å². The highest BCUT2D eigenvalue weighted by molar-refractivity contribution is 5.81. The molecule has 21 heavy (non-hydrogen) atoms. The molecule has 2 rings (SSSR count). The molecule has 0 radical (unpaired) electrons. The predicted octanol–water partition coefficient (Wildman–Crippen LogP) is 1.01. The SMILES string of the molecule is CCN(CCCNC(=O)C1COCCN1)c1ccccc1. The van der Waals surface area contributed by atoms with Gasteiger partial charge in [0.05, 0.1) is 13.2 Å². The number of nitrogens with one attached hydrogen (secondary N) is 2. The third kappa shape index (κ3) is 5.02. The standard InChI is InChI=1S/C16H25N3O2/c1-2-19(14-7-4-3-5-8-14)11-6-9-18-16(20)15-13-21-12-10-17-15/h3-5,7-8,15,17H,2,6,9-13H2,1H3,(H,18,20). The molecule has 1 amide bonds. The van der Waals surface area contributed by atoms with Gasteiger partial charge in [-0.1, -0.05) is 18.2 Å². The zero-order valence-corrected chi connectivity index (χ0v) is 12.7. The smallest absolute Gasteiger partial charge is 0.239 e. The van der Waals surface area contributed by atoms with Crippen LogP contribution in [-0.4, -0.2) is 51.3 Å². The van der Waals surface area contributed by atoms with Gasteiger partial charge >= 0.3 is 0 Å². The first-order valence-corrected chi connectivity index (χ1v) is 7.70. The van der Waals surface area contributed by atoms with Gasteiger partial charge in [0, 0.05) is 31.9 Å². The number of hydrogen-bond donors (Lipinski definition) is 2. The normalized spacial score (nSPS) is 18.2. The van der Waals surface area contributed by atoms with Gasteiger partial charge in [0.2, 0.25) is 5.91 Å². The van der Waals surface area contributed by atoms with Crippen molar-refractivity contribution in [3.63, 3.8) is 0 Å². The Morgan fingerprint density at radius 3 is 2.90 bits per heavy atom. The molecular weight excluding hydrogens is 266 g/mol. The molecule has 0 aliphatic carbocycles. The van der Waals surface area contributed by atoms with Crippen LogP contribution in [0.25, 0.3) is 0 Å². The first-order valence-electron chi connectivity index (χ1n) is 7.70. The van der Waals surface area contributed by atoms with Gasteiger partial charge in [-0.2, -0.15) is 0 Å². The monoisotopic (exact) mass is 291 g/mol. The fourth-order valence-electron chi connectivity index (χ4n) is 2.45. The maximum absolute atomic E-state index is 11.9. The van der Waals surface area contributed by atoms with Gasteiger partial charge in [0.25, 0.3) is 0 Å². The van der Waals surface area contributed by atoms with Crippen molar-refractivity contribution in [3.8, 4) is 0 Å². The van der Waals surface area contributed by atoms with Gasteiger partial charge in [-0.3, -0.25) is 4.79 Å². The molecule has 1 atom stereocenters. The molecule has 5 heteroatoms. The maximum atomic E-state index is 11.9. The second-order valence-corrected chi connectivity index (χ2v) is 5.14. The van der Waals surface area contributed by atoms with Crippen molar-refractivity contribution in [1.82, 2.24) is 10.6 Å². The third-order valence-corrected chi connectivity index (χ3v) is 3.65. The van der Waals surface area contributed by atoms with Crippen LogP contribution >= 0.6 is 0 Å².